The first-order valence-electron chi connectivity index (χ1n) is 19.9. The molecule has 0 bridgehead atoms. The van der Waals surface area contributed by atoms with E-state index in [2.05, 4.69) is 203 Å². The van der Waals surface area contributed by atoms with Crippen LogP contribution in [0.3, 0.4) is 0 Å². The number of hydrogen-bond donors (Lipinski definition) is 0. The zero-order valence-electron chi connectivity index (χ0n) is 37.9. The van der Waals surface area contributed by atoms with Crippen molar-refractivity contribution in [2.24, 2.45) is 0 Å². The molecule has 0 unspecified atom stereocenters. The van der Waals surface area contributed by atoms with Crippen molar-refractivity contribution in [1.29, 1.82) is 0 Å². The molecule has 5 aromatic carbocycles. The van der Waals surface area contributed by atoms with E-state index >= 15 is 0 Å². The van der Waals surface area contributed by atoms with E-state index in [9.17, 15) is 0 Å². The van der Waals surface area contributed by atoms with Gasteiger partial charge in [0.2, 0.25) is 0 Å². The van der Waals surface area contributed by atoms with Gasteiger partial charge in [-0.2, -0.15) is 46.0 Å². The largest absolute Gasteiger partial charge is 1.00 e. The van der Waals surface area contributed by atoms with E-state index in [-0.39, 0.29) is 46.5 Å². The van der Waals surface area contributed by atoms with Crippen LogP contribution in [0.4, 0.5) is 0 Å². The smallest absolute Gasteiger partial charge is 1.00 e. The van der Waals surface area contributed by atoms with Crippen molar-refractivity contribution in [2.45, 2.75) is 153 Å². The summed E-state index contributed by atoms with van der Waals surface area (Å²) in [6, 6.07) is 31.2. The Morgan fingerprint density at radius 3 is 1.32 bits per heavy atom. The van der Waals surface area contributed by atoms with E-state index in [0.29, 0.717) is 0 Å². The topological polar surface area (TPSA) is 0 Å². The van der Waals surface area contributed by atoms with Crippen molar-refractivity contribution in [3.05, 3.63) is 157 Å². The maximum atomic E-state index is 3.90. The number of fused-ring (bicyclic) bond motifs is 3. The molecule has 0 radical (unpaired) electrons. The SMILES string of the molecule is CC(C)(C)c1[c-]c2c(cc1C(C)(C)C)-c1cc(C(C)(C)C)c(C(C)(C)C)cc1C2.Cc1c[c-](C)c(C)c1C.Cc1ccc([C](=[Zr+2])c2ccc(C)cc2)cc1.[Cl-].[Cl-]. The Labute approximate surface area is 370 Å². The van der Waals surface area contributed by atoms with Gasteiger partial charge in [-0.05, 0) is 39.4 Å². The van der Waals surface area contributed by atoms with Gasteiger partial charge in [0, 0.05) is 0 Å². The van der Waals surface area contributed by atoms with Gasteiger partial charge in [-0.1, -0.05) is 134 Å². The third kappa shape index (κ3) is 11.8. The summed E-state index contributed by atoms with van der Waals surface area (Å²) >= 11 is 1.46. The van der Waals surface area contributed by atoms with Crippen LogP contribution >= 0.6 is 0 Å². The van der Waals surface area contributed by atoms with Crippen molar-refractivity contribution in [1.82, 2.24) is 0 Å². The molecular formula is C53H68Cl2Zr-2. The minimum Gasteiger partial charge on any atom is -1.00 e. The number of hydrogen-bond acceptors (Lipinski definition) is 0. The van der Waals surface area contributed by atoms with E-state index in [4.69, 9.17) is 0 Å². The Bertz CT molecular complexity index is 1960. The molecule has 0 spiro atoms. The second-order valence-corrected chi connectivity index (χ2v) is 21.3. The van der Waals surface area contributed by atoms with E-state index in [1.807, 2.05) is 0 Å². The molecule has 300 valence electrons. The van der Waals surface area contributed by atoms with Gasteiger partial charge in [0.1, 0.15) is 0 Å². The molecule has 1 aliphatic rings. The average Bonchev–Trinajstić information content (AvgIpc) is 3.53. The van der Waals surface area contributed by atoms with E-state index in [1.165, 1.54) is 116 Å². The van der Waals surface area contributed by atoms with Gasteiger partial charge < -0.3 is 24.8 Å². The molecule has 1 aliphatic carbocycles. The molecule has 5 aromatic rings. The Morgan fingerprint density at radius 1 is 0.571 bits per heavy atom. The monoisotopic (exact) mass is 864 g/mol. The van der Waals surface area contributed by atoms with Gasteiger partial charge in [-0.15, -0.1) is 16.7 Å². The molecule has 0 saturated heterocycles. The molecule has 3 heteroatoms. The average molecular weight is 867 g/mol. The summed E-state index contributed by atoms with van der Waals surface area (Å²) in [7, 11) is 0. The molecule has 0 N–H and O–H groups in total. The first-order chi connectivity index (χ1) is 24.7. The fourth-order valence-electron chi connectivity index (χ4n) is 7.36. The van der Waals surface area contributed by atoms with Crippen LogP contribution in [0.15, 0.2) is 72.8 Å². The van der Waals surface area contributed by atoms with Gasteiger partial charge in [0.05, 0.1) is 0 Å². The summed E-state index contributed by atoms with van der Waals surface area (Å²) in [5.41, 5.74) is 23.0. The van der Waals surface area contributed by atoms with Crippen LogP contribution < -0.4 is 24.8 Å². The molecule has 0 amide bonds. The van der Waals surface area contributed by atoms with Crippen molar-refractivity contribution < 1.29 is 49.0 Å². The molecule has 0 atom stereocenters. The van der Waals surface area contributed by atoms with E-state index < -0.39 is 0 Å². The standard InChI is InChI=1S/C29H41.C15H14.C9H13.2ClH.Zr/c1-26(2,3)22-14-18-13-19-15-23(27(4,5)6)25(29(10,11)12)17-21(19)20(18)16-24(22)28(7,8)9;1-12-3-7-14(8-4-12)11-15-9-5-13(2)6-10-15;1-6-5-7(2)9(4)8(6)3;;;/h14,16-17H,13H2,1-12H3;3-10H,1-2H3;5H,1-4H3;2*1H;/q-1;;-1;;;+2/p-2. The molecule has 0 aliphatic heterocycles. The zero-order valence-corrected chi connectivity index (χ0v) is 41.9. The van der Waals surface area contributed by atoms with Crippen LogP contribution in [0.1, 0.15) is 161 Å². The van der Waals surface area contributed by atoms with Gasteiger partial charge in [-0.3, -0.25) is 0 Å². The van der Waals surface area contributed by atoms with Crippen LogP contribution in [0, 0.1) is 47.6 Å². The molecule has 0 aromatic heterocycles. The Kier molecular flexibility index (Phi) is 16.6. The number of rotatable bonds is 2. The van der Waals surface area contributed by atoms with Gasteiger partial charge in [0.15, 0.2) is 0 Å². The number of halogens is 2. The summed E-state index contributed by atoms with van der Waals surface area (Å²) in [6.45, 7) is 40.9. The van der Waals surface area contributed by atoms with Crippen LogP contribution in [0.5, 0.6) is 0 Å². The second-order valence-electron chi connectivity index (χ2n) is 20.0. The fourth-order valence-corrected chi connectivity index (χ4v) is 8.18. The first-order valence-corrected chi connectivity index (χ1v) is 21.1. The first kappa shape index (κ1) is 49.7. The molecule has 0 fully saturated rings. The predicted molar refractivity (Wildman–Crippen MR) is 235 cm³/mol. The van der Waals surface area contributed by atoms with E-state index in [1.54, 1.807) is 0 Å². The van der Waals surface area contributed by atoms with E-state index in [0.717, 1.165) is 6.42 Å². The van der Waals surface area contributed by atoms with Gasteiger partial charge in [-0.25, -0.2) is 0 Å². The molecule has 6 rings (SSSR count). The Morgan fingerprint density at radius 2 is 0.982 bits per heavy atom. The molecular weight excluding hydrogens is 799 g/mol. The maximum Gasteiger partial charge on any atom is -1.00 e. The van der Waals surface area contributed by atoms with Crippen molar-refractivity contribution >= 4 is 3.21 Å². The van der Waals surface area contributed by atoms with Crippen LogP contribution in [0.2, 0.25) is 0 Å². The quantitative estimate of drug-likeness (QED) is 0.154. The summed E-state index contributed by atoms with van der Waals surface area (Å²) in [5.74, 6) is 0. The summed E-state index contributed by atoms with van der Waals surface area (Å²) in [5, 5.41) is 0. The Hall–Kier alpha value is -2.44. The number of aryl methyl sites for hydroxylation is 4. The summed E-state index contributed by atoms with van der Waals surface area (Å²) in [4.78, 5) is 0. The van der Waals surface area contributed by atoms with Crippen LogP contribution in [-0.4, -0.2) is 3.21 Å². The zero-order chi connectivity index (χ0) is 40.7. The summed E-state index contributed by atoms with van der Waals surface area (Å²) < 4.78 is 1.42. The molecule has 56 heavy (non-hydrogen) atoms. The molecule has 0 nitrogen and oxygen atoms in total. The van der Waals surface area contributed by atoms with Crippen LogP contribution in [0.25, 0.3) is 11.1 Å². The number of benzene rings is 4. The third-order valence-electron chi connectivity index (χ3n) is 11.1. The predicted octanol–water partition coefficient (Wildman–Crippen LogP) is 8.31. The summed E-state index contributed by atoms with van der Waals surface area (Å²) in [6.07, 6.45) is 1.01. The van der Waals surface area contributed by atoms with Crippen LogP contribution in [-0.2, 0) is 52.3 Å². The minimum absolute atomic E-state index is 0. The molecule has 0 heterocycles. The second kappa shape index (κ2) is 18.7. The maximum absolute atomic E-state index is 3.90. The third-order valence-corrected chi connectivity index (χ3v) is 12.5. The Balaban J connectivity index is 0.000000335. The minimum atomic E-state index is 0. The normalized spacial score (nSPS) is 12.2. The van der Waals surface area contributed by atoms with Crippen molar-refractivity contribution in [2.75, 3.05) is 0 Å². The van der Waals surface area contributed by atoms with Crippen molar-refractivity contribution in [3.8, 4) is 11.1 Å². The van der Waals surface area contributed by atoms with Gasteiger partial charge >= 0.3 is 112 Å². The van der Waals surface area contributed by atoms with Crippen molar-refractivity contribution in [3.63, 3.8) is 0 Å². The molecule has 0 saturated carbocycles. The van der Waals surface area contributed by atoms with Gasteiger partial charge in [0.25, 0.3) is 0 Å². The fraction of sp³-hybridized carbons (Fsp3) is 0.434.